The first-order chi connectivity index (χ1) is 14.3. The maximum absolute atomic E-state index is 14.0. The Morgan fingerprint density at radius 1 is 1.13 bits per heavy atom. The van der Waals surface area contributed by atoms with Crippen molar-refractivity contribution in [3.8, 4) is 0 Å². The monoisotopic (exact) mass is 434 g/mol. The second-order valence-corrected chi connectivity index (χ2v) is 9.15. The molecule has 0 spiro atoms. The van der Waals surface area contributed by atoms with Crippen LogP contribution in [0.2, 0.25) is 0 Å². The van der Waals surface area contributed by atoms with Crippen LogP contribution >= 0.6 is 0 Å². The molecule has 0 bridgehead atoms. The summed E-state index contributed by atoms with van der Waals surface area (Å²) < 4.78 is 54.0. The maximum Gasteiger partial charge on any atom is 0.246 e. The van der Waals surface area contributed by atoms with E-state index >= 15 is 0 Å². The van der Waals surface area contributed by atoms with Gasteiger partial charge >= 0.3 is 0 Å². The topological polar surface area (TPSA) is 57.7 Å². The van der Waals surface area contributed by atoms with Crippen molar-refractivity contribution in [3.05, 3.63) is 78.4 Å². The highest BCUT2D eigenvalue weighted by Gasteiger charge is 2.35. The highest BCUT2D eigenvalue weighted by atomic mass is 32.2. The minimum absolute atomic E-state index is 0.0623. The van der Waals surface area contributed by atoms with Crippen molar-refractivity contribution in [2.75, 3.05) is 19.6 Å². The van der Waals surface area contributed by atoms with Crippen molar-refractivity contribution in [3.63, 3.8) is 0 Å². The van der Waals surface area contributed by atoms with E-state index < -0.39 is 26.6 Å². The molecule has 30 heavy (non-hydrogen) atoms. The molecule has 1 heterocycles. The minimum atomic E-state index is -4.17. The number of nitrogens with zero attached hydrogens (tertiary/aromatic N) is 2. The summed E-state index contributed by atoms with van der Waals surface area (Å²) in [6.07, 6.45) is 2.29. The van der Waals surface area contributed by atoms with Crippen molar-refractivity contribution < 1.29 is 22.0 Å². The van der Waals surface area contributed by atoms with Crippen LogP contribution in [0.15, 0.2) is 66.1 Å². The smallest absolute Gasteiger partial charge is 0.246 e. The summed E-state index contributed by atoms with van der Waals surface area (Å²) >= 11 is 0. The van der Waals surface area contributed by atoms with Gasteiger partial charge in [-0.25, -0.2) is 17.2 Å². The van der Waals surface area contributed by atoms with Crippen LogP contribution in [0, 0.1) is 17.6 Å². The van der Waals surface area contributed by atoms with Crippen LogP contribution in [0.5, 0.6) is 0 Å². The number of hydrogen-bond acceptors (Lipinski definition) is 3. The number of carbonyl (C=O) groups excluding carboxylic acids is 1. The zero-order valence-corrected chi connectivity index (χ0v) is 17.3. The molecule has 0 radical (unpaired) electrons. The van der Waals surface area contributed by atoms with Crippen LogP contribution in [-0.2, 0) is 21.4 Å². The molecule has 1 saturated heterocycles. The summed E-state index contributed by atoms with van der Waals surface area (Å²) in [4.78, 5) is 14.0. The molecule has 0 unspecified atom stereocenters. The number of hydrogen-bond donors (Lipinski definition) is 0. The number of halogens is 2. The first-order valence-electron chi connectivity index (χ1n) is 9.71. The Hall–Kier alpha value is -2.58. The van der Waals surface area contributed by atoms with Crippen LogP contribution < -0.4 is 0 Å². The predicted molar refractivity (Wildman–Crippen MR) is 110 cm³/mol. The lowest BCUT2D eigenvalue weighted by atomic mass is 9.96. The number of rotatable bonds is 7. The molecule has 0 saturated carbocycles. The number of piperidine rings is 1. The first-order valence-corrected chi connectivity index (χ1v) is 11.2. The van der Waals surface area contributed by atoms with Crippen molar-refractivity contribution >= 4 is 15.9 Å². The molecule has 1 fully saturated rings. The third kappa shape index (κ3) is 4.94. The standard InChI is InChI=1S/C22H24F2N2O3S/c1-2-12-25(16-17-6-4-3-5-7-17)22(27)18-10-13-26(14-11-18)30(28,29)21-15-19(23)8-9-20(21)24/h2-9,15,18H,1,10-14,16H2. The molecule has 0 atom stereocenters. The first kappa shape index (κ1) is 22.1. The van der Waals surface area contributed by atoms with E-state index in [9.17, 15) is 22.0 Å². The fourth-order valence-corrected chi connectivity index (χ4v) is 5.15. The molecule has 1 amide bonds. The molecule has 160 valence electrons. The molecular formula is C22H24F2N2O3S. The molecule has 1 aliphatic rings. The third-order valence-corrected chi connectivity index (χ3v) is 7.11. The van der Waals surface area contributed by atoms with E-state index in [2.05, 4.69) is 6.58 Å². The highest BCUT2D eigenvalue weighted by molar-refractivity contribution is 7.89. The largest absolute Gasteiger partial charge is 0.334 e. The van der Waals surface area contributed by atoms with Gasteiger partial charge in [-0.1, -0.05) is 36.4 Å². The van der Waals surface area contributed by atoms with Crippen molar-refractivity contribution in [1.82, 2.24) is 9.21 Å². The van der Waals surface area contributed by atoms with E-state index in [0.717, 1.165) is 22.0 Å². The number of amides is 1. The van der Waals surface area contributed by atoms with Gasteiger partial charge in [0.1, 0.15) is 16.5 Å². The maximum atomic E-state index is 14.0. The van der Waals surface area contributed by atoms with Gasteiger partial charge < -0.3 is 4.90 Å². The molecule has 0 aromatic heterocycles. The molecule has 1 aliphatic heterocycles. The zero-order chi connectivity index (χ0) is 21.7. The normalized spacial score (nSPS) is 15.7. The van der Waals surface area contributed by atoms with Crippen LogP contribution in [-0.4, -0.2) is 43.2 Å². The Labute approximate surface area is 175 Å². The Morgan fingerprint density at radius 2 is 1.80 bits per heavy atom. The molecular weight excluding hydrogens is 410 g/mol. The second kappa shape index (κ2) is 9.49. The van der Waals surface area contributed by atoms with E-state index in [1.165, 1.54) is 0 Å². The van der Waals surface area contributed by atoms with E-state index in [1.807, 2.05) is 30.3 Å². The van der Waals surface area contributed by atoms with Crippen molar-refractivity contribution in [1.29, 1.82) is 0 Å². The van der Waals surface area contributed by atoms with Crippen molar-refractivity contribution in [2.24, 2.45) is 5.92 Å². The Bertz CT molecular complexity index is 1000. The molecule has 2 aromatic rings. The predicted octanol–water partition coefficient (Wildman–Crippen LogP) is 3.58. The highest BCUT2D eigenvalue weighted by Crippen LogP contribution is 2.27. The van der Waals surface area contributed by atoms with E-state index in [-0.39, 0.29) is 24.9 Å². The summed E-state index contributed by atoms with van der Waals surface area (Å²) in [6, 6.07) is 11.9. The van der Waals surface area contributed by atoms with E-state index in [0.29, 0.717) is 32.0 Å². The molecule has 2 aromatic carbocycles. The summed E-state index contributed by atoms with van der Waals surface area (Å²) in [6.45, 7) is 4.69. The fraction of sp³-hybridized carbons (Fsp3) is 0.318. The van der Waals surface area contributed by atoms with Crippen LogP contribution in [0.4, 0.5) is 8.78 Å². The quantitative estimate of drug-likeness (QED) is 0.626. The summed E-state index contributed by atoms with van der Waals surface area (Å²) in [5.41, 5.74) is 0.995. The SMILES string of the molecule is C=CCN(Cc1ccccc1)C(=O)C1CCN(S(=O)(=O)c2cc(F)ccc2F)CC1. The van der Waals surface area contributed by atoms with Gasteiger partial charge in [-0.05, 0) is 36.6 Å². The second-order valence-electron chi connectivity index (χ2n) is 7.25. The number of carbonyl (C=O) groups is 1. The Balaban J connectivity index is 1.68. The Morgan fingerprint density at radius 3 is 2.43 bits per heavy atom. The number of benzene rings is 2. The van der Waals surface area contributed by atoms with Crippen molar-refractivity contribution in [2.45, 2.75) is 24.3 Å². The van der Waals surface area contributed by atoms with Gasteiger partial charge in [-0.3, -0.25) is 4.79 Å². The van der Waals surface area contributed by atoms with Crippen LogP contribution in [0.25, 0.3) is 0 Å². The molecule has 0 N–H and O–H groups in total. The molecule has 5 nitrogen and oxygen atoms in total. The van der Waals surface area contributed by atoms with Gasteiger partial charge in [0.25, 0.3) is 0 Å². The number of sulfonamides is 1. The molecule has 3 rings (SSSR count). The lowest BCUT2D eigenvalue weighted by molar-refractivity contribution is -0.136. The van der Waals surface area contributed by atoms with Gasteiger partial charge in [0.15, 0.2) is 0 Å². The summed E-state index contributed by atoms with van der Waals surface area (Å²) in [7, 11) is -4.17. The van der Waals surface area contributed by atoms with Gasteiger partial charge in [0.05, 0.1) is 0 Å². The van der Waals surface area contributed by atoms with Gasteiger partial charge in [-0.2, -0.15) is 4.31 Å². The summed E-state index contributed by atoms with van der Waals surface area (Å²) in [5.74, 6) is -2.21. The van der Waals surface area contributed by atoms with Gasteiger partial charge in [-0.15, -0.1) is 6.58 Å². The molecule has 0 aliphatic carbocycles. The third-order valence-electron chi connectivity index (χ3n) is 5.19. The zero-order valence-electron chi connectivity index (χ0n) is 16.5. The van der Waals surface area contributed by atoms with E-state index in [4.69, 9.17) is 0 Å². The summed E-state index contributed by atoms with van der Waals surface area (Å²) in [5, 5.41) is 0. The Kier molecular flexibility index (Phi) is 6.99. The lowest BCUT2D eigenvalue weighted by Crippen LogP contribution is -2.44. The van der Waals surface area contributed by atoms with Gasteiger partial charge in [0, 0.05) is 32.1 Å². The van der Waals surface area contributed by atoms with E-state index in [1.54, 1.807) is 11.0 Å². The lowest BCUT2D eigenvalue weighted by Gasteiger charge is -2.33. The average Bonchev–Trinajstić information content (AvgIpc) is 2.75. The van der Waals surface area contributed by atoms with Crippen LogP contribution in [0.1, 0.15) is 18.4 Å². The van der Waals surface area contributed by atoms with Crippen LogP contribution in [0.3, 0.4) is 0 Å². The van der Waals surface area contributed by atoms with Gasteiger partial charge in [0.2, 0.25) is 15.9 Å². The fourth-order valence-electron chi connectivity index (χ4n) is 3.61. The molecule has 8 heteroatoms. The minimum Gasteiger partial charge on any atom is -0.334 e. The average molecular weight is 435 g/mol.